The smallest absolute Gasteiger partial charge is 0.230 e. The first-order valence-corrected chi connectivity index (χ1v) is 8.16. The van der Waals surface area contributed by atoms with Crippen LogP contribution in [-0.4, -0.2) is 28.4 Å². The molecule has 0 unspecified atom stereocenters. The molecule has 2 aliphatic carbocycles. The SMILES string of the molecule is NCC1(C(=O)N(Cc2ccccn2)C2CC2)CCCCC1. The molecular weight excluding hydrogens is 262 g/mol. The zero-order valence-electron chi connectivity index (χ0n) is 12.6. The molecule has 0 radical (unpaired) electrons. The van der Waals surface area contributed by atoms with Gasteiger partial charge in [-0.2, -0.15) is 0 Å². The van der Waals surface area contributed by atoms with Crippen molar-refractivity contribution in [2.45, 2.75) is 57.5 Å². The van der Waals surface area contributed by atoms with Crippen molar-refractivity contribution in [3.63, 3.8) is 0 Å². The van der Waals surface area contributed by atoms with Crippen molar-refractivity contribution in [3.05, 3.63) is 30.1 Å². The lowest BCUT2D eigenvalue weighted by atomic mass is 9.73. The minimum absolute atomic E-state index is 0.276. The Kier molecular flexibility index (Phi) is 4.24. The summed E-state index contributed by atoms with van der Waals surface area (Å²) < 4.78 is 0. The van der Waals surface area contributed by atoms with Crippen molar-refractivity contribution >= 4 is 5.91 Å². The van der Waals surface area contributed by atoms with Crippen molar-refractivity contribution < 1.29 is 4.79 Å². The van der Waals surface area contributed by atoms with Crippen molar-refractivity contribution in [2.24, 2.45) is 11.1 Å². The lowest BCUT2D eigenvalue weighted by molar-refractivity contribution is -0.145. The lowest BCUT2D eigenvalue weighted by Gasteiger charge is -2.39. The molecule has 21 heavy (non-hydrogen) atoms. The molecule has 1 aromatic rings. The number of carbonyl (C=O) groups is 1. The van der Waals surface area contributed by atoms with E-state index < -0.39 is 0 Å². The van der Waals surface area contributed by atoms with E-state index in [1.54, 1.807) is 6.20 Å². The third-order valence-electron chi connectivity index (χ3n) is 4.96. The van der Waals surface area contributed by atoms with Crippen LogP contribution in [0.3, 0.4) is 0 Å². The zero-order valence-corrected chi connectivity index (χ0v) is 12.6. The van der Waals surface area contributed by atoms with Gasteiger partial charge in [0.1, 0.15) is 0 Å². The number of aromatic nitrogens is 1. The van der Waals surface area contributed by atoms with Gasteiger partial charge in [-0.25, -0.2) is 0 Å². The van der Waals surface area contributed by atoms with Gasteiger partial charge in [0.2, 0.25) is 5.91 Å². The van der Waals surface area contributed by atoms with Gasteiger partial charge in [-0.15, -0.1) is 0 Å². The number of pyridine rings is 1. The standard InChI is InChI=1S/C17H25N3O/c18-13-17(9-3-1-4-10-17)16(21)20(15-7-8-15)12-14-6-2-5-11-19-14/h2,5-6,11,15H,1,3-4,7-10,12-13,18H2. The summed E-state index contributed by atoms with van der Waals surface area (Å²) in [6.45, 7) is 1.11. The Balaban J connectivity index is 1.78. The fourth-order valence-corrected chi connectivity index (χ4v) is 3.46. The molecule has 0 aromatic carbocycles. The van der Waals surface area contributed by atoms with Crippen molar-refractivity contribution in [3.8, 4) is 0 Å². The van der Waals surface area contributed by atoms with Gasteiger partial charge in [0.05, 0.1) is 17.7 Å². The second kappa shape index (κ2) is 6.14. The summed E-state index contributed by atoms with van der Waals surface area (Å²) in [6, 6.07) is 6.30. The molecule has 1 aromatic heterocycles. The monoisotopic (exact) mass is 287 g/mol. The molecule has 1 amide bonds. The van der Waals surface area contributed by atoms with Crippen molar-refractivity contribution in [2.75, 3.05) is 6.54 Å². The van der Waals surface area contributed by atoms with Gasteiger partial charge in [0, 0.05) is 18.8 Å². The zero-order chi connectivity index (χ0) is 14.7. The third kappa shape index (κ3) is 3.10. The highest BCUT2D eigenvalue weighted by Gasteiger charge is 2.44. The average molecular weight is 287 g/mol. The maximum absolute atomic E-state index is 13.2. The van der Waals surface area contributed by atoms with Gasteiger partial charge in [0.15, 0.2) is 0 Å². The van der Waals surface area contributed by atoms with E-state index in [4.69, 9.17) is 5.73 Å². The minimum atomic E-state index is -0.310. The number of hydrogen-bond donors (Lipinski definition) is 1. The van der Waals surface area contributed by atoms with Crippen LogP contribution < -0.4 is 5.73 Å². The van der Waals surface area contributed by atoms with Crippen LogP contribution in [0.4, 0.5) is 0 Å². The Morgan fingerprint density at radius 1 is 1.29 bits per heavy atom. The lowest BCUT2D eigenvalue weighted by Crippen LogP contribution is -2.49. The fourth-order valence-electron chi connectivity index (χ4n) is 3.46. The second-order valence-electron chi connectivity index (χ2n) is 6.53. The largest absolute Gasteiger partial charge is 0.333 e. The number of carbonyl (C=O) groups excluding carboxylic acids is 1. The first-order chi connectivity index (χ1) is 10.2. The summed E-state index contributed by atoms with van der Waals surface area (Å²) in [7, 11) is 0. The normalized spacial score (nSPS) is 21.0. The summed E-state index contributed by atoms with van der Waals surface area (Å²) >= 11 is 0. The highest BCUT2D eigenvalue weighted by atomic mass is 16.2. The number of nitrogens with two attached hydrogens (primary N) is 1. The van der Waals surface area contributed by atoms with Gasteiger partial charge in [-0.3, -0.25) is 9.78 Å². The van der Waals surface area contributed by atoms with E-state index in [2.05, 4.69) is 9.88 Å². The third-order valence-corrected chi connectivity index (χ3v) is 4.96. The van der Waals surface area contributed by atoms with Gasteiger partial charge in [-0.05, 0) is 37.8 Å². The predicted octanol–water partition coefficient (Wildman–Crippen LogP) is 2.48. The summed E-state index contributed by atoms with van der Waals surface area (Å²) in [5.74, 6) is 0.276. The molecule has 0 spiro atoms. The minimum Gasteiger partial charge on any atom is -0.333 e. The van der Waals surface area contributed by atoms with Crippen LogP contribution in [0.2, 0.25) is 0 Å². The number of nitrogens with zero attached hydrogens (tertiary/aromatic N) is 2. The number of amides is 1. The Morgan fingerprint density at radius 2 is 2.05 bits per heavy atom. The molecule has 3 rings (SSSR count). The van der Waals surface area contributed by atoms with Crippen LogP contribution in [0.25, 0.3) is 0 Å². The molecule has 2 saturated carbocycles. The summed E-state index contributed by atoms with van der Waals surface area (Å²) in [5.41, 5.74) is 6.69. The Morgan fingerprint density at radius 3 is 2.62 bits per heavy atom. The first-order valence-electron chi connectivity index (χ1n) is 8.16. The first kappa shape index (κ1) is 14.5. The van der Waals surface area contributed by atoms with E-state index >= 15 is 0 Å². The van der Waals surface area contributed by atoms with E-state index in [0.29, 0.717) is 19.1 Å². The van der Waals surface area contributed by atoms with E-state index in [9.17, 15) is 4.79 Å². The van der Waals surface area contributed by atoms with E-state index in [-0.39, 0.29) is 11.3 Å². The molecule has 2 fully saturated rings. The maximum atomic E-state index is 13.2. The maximum Gasteiger partial charge on any atom is 0.230 e. The van der Waals surface area contributed by atoms with Crippen molar-refractivity contribution in [1.82, 2.24) is 9.88 Å². The molecule has 4 nitrogen and oxygen atoms in total. The predicted molar refractivity (Wildman–Crippen MR) is 82.4 cm³/mol. The Labute approximate surface area is 126 Å². The molecule has 4 heteroatoms. The highest BCUT2D eigenvalue weighted by molar-refractivity contribution is 5.83. The number of hydrogen-bond acceptors (Lipinski definition) is 3. The fraction of sp³-hybridized carbons (Fsp3) is 0.647. The van der Waals surface area contributed by atoms with Crippen LogP contribution in [0.15, 0.2) is 24.4 Å². The average Bonchev–Trinajstić information content (AvgIpc) is 3.38. The van der Waals surface area contributed by atoms with E-state index in [1.807, 2.05) is 18.2 Å². The van der Waals surface area contributed by atoms with Crippen LogP contribution in [0, 0.1) is 5.41 Å². The van der Waals surface area contributed by atoms with E-state index in [1.165, 1.54) is 6.42 Å². The Hall–Kier alpha value is -1.42. The highest BCUT2D eigenvalue weighted by Crippen LogP contribution is 2.40. The van der Waals surface area contributed by atoms with Crippen LogP contribution in [0.1, 0.15) is 50.6 Å². The topological polar surface area (TPSA) is 59.2 Å². The quantitative estimate of drug-likeness (QED) is 0.905. The molecule has 2 N–H and O–H groups in total. The van der Waals surface area contributed by atoms with Crippen LogP contribution in [-0.2, 0) is 11.3 Å². The van der Waals surface area contributed by atoms with Gasteiger partial charge >= 0.3 is 0 Å². The summed E-state index contributed by atoms with van der Waals surface area (Å²) in [6.07, 6.45) is 9.44. The number of rotatable bonds is 5. The molecule has 1 heterocycles. The van der Waals surface area contributed by atoms with Gasteiger partial charge < -0.3 is 10.6 Å². The summed E-state index contributed by atoms with van der Waals surface area (Å²) in [4.78, 5) is 19.6. The second-order valence-corrected chi connectivity index (χ2v) is 6.53. The molecule has 0 atom stereocenters. The van der Waals surface area contributed by atoms with E-state index in [0.717, 1.165) is 44.2 Å². The van der Waals surface area contributed by atoms with Gasteiger partial charge in [-0.1, -0.05) is 25.3 Å². The molecule has 0 aliphatic heterocycles. The Bertz CT molecular complexity index is 478. The van der Waals surface area contributed by atoms with Crippen molar-refractivity contribution in [1.29, 1.82) is 0 Å². The molecule has 114 valence electrons. The van der Waals surface area contributed by atoms with Crippen LogP contribution in [0.5, 0.6) is 0 Å². The molecular formula is C17H25N3O. The van der Waals surface area contributed by atoms with Gasteiger partial charge in [0.25, 0.3) is 0 Å². The van der Waals surface area contributed by atoms with Crippen LogP contribution >= 0.6 is 0 Å². The molecule has 2 aliphatic rings. The summed E-state index contributed by atoms with van der Waals surface area (Å²) in [5, 5.41) is 0. The molecule has 0 saturated heterocycles. The molecule has 0 bridgehead atoms.